The summed E-state index contributed by atoms with van der Waals surface area (Å²) in [6.45, 7) is 6.53. The lowest BCUT2D eigenvalue weighted by atomic mass is 10.4. The van der Waals surface area contributed by atoms with E-state index in [-0.39, 0.29) is 16.8 Å². The number of nitrogens with two attached hydrogens (primary N) is 1. The van der Waals surface area contributed by atoms with E-state index in [0.29, 0.717) is 6.54 Å². The third kappa shape index (κ3) is 4.70. The fraction of sp³-hybridized carbons (Fsp3) is 0.727. The van der Waals surface area contributed by atoms with Crippen LogP contribution in [0, 0.1) is 0 Å². The van der Waals surface area contributed by atoms with Crippen molar-refractivity contribution in [2.24, 2.45) is 0 Å². The van der Waals surface area contributed by atoms with Crippen molar-refractivity contribution in [2.45, 2.75) is 44.7 Å². The number of hydrogen-bond acceptors (Lipinski definition) is 5. The average Bonchev–Trinajstić information content (AvgIpc) is 2.68. The molecule has 3 N–H and O–H groups in total. The molecule has 0 saturated carbocycles. The van der Waals surface area contributed by atoms with Crippen molar-refractivity contribution in [3.8, 4) is 0 Å². The van der Waals surface area contributed by atoms with Gasteiger partial charge >= 0.3 is 0 Å². The molecule has 0 bridgehead atoms. The number of aryl methyl sites for hydroxylation is 1. The van der Waals surface area contributed by atoms with Crippen molar-refractivity contribution in [1.82, 2.24) is 14.5 Å². The molecule has 1 aromatic rings. The Kier molecular flexibility index (Phi) is 6.15. The molecule has 1 atom stereocenters. The summed E-state index contributed by atoms with van der Waals surface area (Å²) in [5.41, 5.74) is 5.68. The molecule has 0 aliphatic rings. The molecular weight excluding hydrogens is 284 g/mol. The van der Waals surface area contributed by atoms with Gasteiger partial charge in [0.25, 0.3) is 0 Å². The third-order valence-electron chi connectivity index (χ3n) is 2.43. The topological polar surface area (TPSA) is 90.0 Å². The summed E-state index contributed by atoms with van der Waals surface area (Å²) < 4.78 is 28.6. The molecule has 110 valence electrons. The molecule has 0 fully saturated rings. The Morgan fingerprint density at radius 2 is 2.21 bits per heavy atom. The Morgan fingerprint density at radius 1 is 1.53 bits per heavy atom. The maximum atomic E-state index is 12.2. The van der Waals surface area contributed by atoms with Gasteiger partial charge < -0.3 is 5.73 Å². The number of anilines is 1. The van der Waals surface area contributed by atoms with Gasteiger partial charge in [0.15, 0.2) is 5.82 Å². The van der Waals surface area contributed by atoms with E-state index in [2.05, 4.69) is 9.82 Å². The molecule has 0 spiro atoms. The molecule has 6 nitrogen and oxygen atoms in total. The first-order chi connectivity index (χ1) is 8.90. The van der Waals surface area contributed by atoms with E-state index in [1.165, 1.54) is 6.20 Å². The summed E-state index contributed by atoms with van der Waals surface area (Å²) in [5.74, 6) is 1.75. The number of nitrogens with zero attached hydrogens (tertiary/aromatic N) is 2. The third-order valence-corrected chi connectivity index (χ3v) is 5.18. The van der Waals surface area contributed by atoms with Crippen LogP contribution in [0.1, 0.15) is 27.2 Å². The number of thioether (sulfide) groups is 1. The minimum atomic E-state index is -3.59. The monoisotopic (exact) mass is 306 g/mol. The lowest BCUT2D eigenvalue weighted by molar-refractivity contribution is 0.569. The Morgan fingerprint density at radius 3 is 2.79 bits per heavy atom. The van der Waals surface area contributed by atoms with Crippen LogP contribution in [-0.2, 0) is 16.6 Å². The van der Waals surface area contributed by atoms with Gasteiger partial charge in [-0.15, -0.1) is 0 Å². The molecule has 1 unspecified atom stereocenters. The van der Waals surface area contributed by atoms with Crippen LogP contribution in [0.2, 0.25) is 0 Å². The van der Waals surface area contributed by atoms with Crippen LogP contribution in [0.5, 0.6) is 0 Å². The lowest BCUT2D eigenvalue weighted by Gasteiger charge is -2.12. The van der Waals surface area contributed by atoms with Gasteiger partial charge in [-0.05, 0) is 19.1 Å². The zero-order valence-electron chi connectivity index (χ0n) is 11.6. The Hall–Kier alpha value is -0.730. The number of nitrogens with one attached hydrogen (secondary N) is 1. The van der Waals surface area contributed by atoms with Crippen molar-refractivity contribution in [1.29, 1.82) is 0 Å². The van der Waals surface area contributed by atoms with Crippen molar-refractivity contribution in [2.75, 3.05) is 17.2 Å². The molecule has 0 amide bonds. The first-order valence-corrected chi connectivity index (χ1v) is 8.97. The van der Waals surface area contributed by atoms with Gasteiger partial charge in [-0.25, -0.2) is 13.1 Å². The van der Waals surface area contributed by atoms with Gasteiger partial charge in [0, 0.05) is 24.5 Å². The summed E-state index contributed by atoms with van der Waals surface area (Å²) >= 11 is 1.69. The fourth-order valence-corrected chi connectivity index (χ4v) is 3.72. The number of hydrogen-bond donors (Lipinski definition) is 2. The van der Waals surface area contributed by atoms with Crippen LogP contribution in [0.25, 0.3) is 0 Å². The van der Waals surface area contributed by atoms with Gasteiger partial charge in [0.1, 0.15) is 4.90 Å². The highest BCUT2D eigenvalue weighted by Gasteiger charge is 2.22. The van der Waals surface area contributed by atoms with E-state index in [1.54, 1.807) is 16.4 Å². The lowest BCUT2D eigenvalue weighted by Crippen LogP contribution is -2.34. The van der Waals surface area contributed by atoms with E-state index in [0.717, 1.165) is 17.9 Å². The Bertz CT molecular complexity index is 499. The first kappa shape index (κ1) is 16.3. The molecular formula is C11H22N4O2S2. The van der Waals surface area contributed by atoms with Gasteiger partial charge in [0.2, 0.25) is 10.0 Å². The van der Waals surface area contributed by atoms with E-state index in [4.69, 9.17) is 5.73 Å². The number of aromatic nitrogens is 2. The molecule has 0 radical (unpaired) electrons. The van der Waals surface area contributed by atoms with Crippen LogP contribution in [-0.4, -0.2) is 35.7 Å². The number of sulfonamides is 1. The highest BCUT2D eigenvalue weighted by atomic mass is 32.2. The molecule has 0 saturated heterocycles. The smallest absolute Gasteiger partial charge is 0.246 e. The van der Waals surface area contributed by atoms with Crippen molar-refractivity contribution < 1.29 is 8.42 Å². The van der Waals surface area contributed by atoms with Crippen LogP contribution < -0.4 is 10.5 Å². The highest BCUT2D eigenvalue weighted by molar-refractivity contribution is 7.99. The minimum absolute atomic E-state index is 0.0521. The molecule has 1 aromatic heterocycles. The summed E-state index contributed by atoms with van der Waals surface area (Å²) in [4.78, 5) is 0.0642. The largest absolute Gasteiger partial charge is 0.381 e. The van der Waals surface area contributed by atoms with Gasteiger partial charge in [-0.2, -0.15) is 16.9 Å². The molecule has 19 heavy (non-hydrogen) atoms. The predicted octanol–water partition coefficient (Wildman–Crippen LogP) is 1.30. The first-order valence-electron chi connectivity index (χ1n) is 6.33. The fourth-order valence-electron chi connectivity index (χ4n) is 1.63. The maximum Gasteiger partial charge on any atom is 0.246 e. The maximum absolute atomic E-state index is 12.2. The number of rotatable bonds is 8. The molecule has 1 rings (SSSR count). The van der Waals surface area contributed by atoms with E-state index < -0.39 is 10.0 Å². The summed E-state index contributed by atoms with van der Waals surface area (Å²) in [7, 11) is -3.59. The normalized spacial score (nSPS) is 13.6. The Balaban J connectivity index is 2.82. The standard InChI is InChI=1S/C11H22N4O2S2/c1-4-6-15-7-10(11(12)13-15)19(16,17)14-9(3)8-18-5-2/h7,9,14H,4-6,8H2,1-3H3,(H2,12,13). The van der Waals surface area contributed by atoms with Crippen LogP contribution in [0.3, 0.4) is 0 Å². The van der Waals surface area contributed by atoms with Crippen LogP contribution >= 0.6 is 11.8 Å². The minimum Gasteiger partial charge on any atom is -0.381 e. The zero-order valence-corrected chi connectivity index (χ0v) is 13.2. The van der Waals surface area contributed by atoms with Gasteiger partial charge in [-0.1, -0.05) is 13.8 Å². The van der Waals surface area contributed by atoms with Crippen molar-refractivity contribution in [3.05, 3.63) is 6.20 Å². The number of nitrogen functional groups attached to an aromatic ring is 1. The molecule has 0 aliphatic heterocycles. The van der Waals surface area contributed by atoms with Gasteiger partial charge in [0.05, 0.1) is 0 Å². The van der Waals surface area contributed by atoms with E-state index >= 15 is 0 Å². The second-order valence-electron chi connectivity index (χ2n) is 4.32. The van der Waals surface area contributed by atoms with Gasteiger partial charge in [-0.3, -0.25) is 4.68 Å². The molecule has 1 heterocycles. The summed E-state index contributed by atoms with van der Waals surface area (Å²) in [6, 6.07) is -0.135. The molecule has 0 aromatic carbocycles. The van der Waals surface area contributed by atoms with E-state index in [1.807, 2.05) is 20.8 Å². The molecule has 8 heteroatoms. The quantitative estimate of drug-likeness (QED) is 0.755. The van der Waals surface area contributed by atoms with Crippen LogP contribution in [0.15, 0.2) is 11.1 Å². The van der Waals surface area contributed by atoms with Crippen molar-refractivity contribution >= 4 is 27.6 Å². The summed E-state index contributed by atoms with van der Waals surface area (Å²) in [6.07, 6.45) is 2.36. The highest BCUT2D eigenvalue weighted by Crippen LogP contribution is 2.17. The Labute approximate surface area is 119 Å². The average molecular weight is 306 g/mol. The zero-order chi connectivity index (χ0) is 14.5. The second kappa shape index (κ2) is 7.16. The van der Waals surface area contributed by atoms with Crippen LogP contribution in [0.4, 0.5) is 5.82 Å². The predicted molar refractivity (Wildman–Crippen MR) is 79.7 cm³/mol. The van der Waals surface area contributed by atoms with Crippen molar-refractivity contribution in [3.63, 3.8) is 0 Å². The SMILES string of the molecule is CCCn1cc(S(=O)(=O)NC(C)CSCC)c(N)n1. The van der Waals surface area contributed by atoms with E-state index in [9.17, 15) is 8.42 Å². The molecule has 0 aliphatic carbocycles. The second-order valence-corrected chi connectivity index (χ2v) is 7.32. The summed E-state index contributed by atoms with van der Waals surface area (Å²) in [5, 5.41) is 4.01.